The van der Waals surface area contributed by atoms with E-state index in [1.54, 1.807) is 0 Å². The third-order valence-electron chi connectivity index (χ3n) is 4.12. The number of nitrogens with zero attached hydrogens (tertiary/aromatic N) is 3. The van der Waals surface area contributed by atoms with E-state index in [2.05, 4.69) is 11.1 Å². The van der Waals surface area contributed by atoms with E-state index in [0.717, 1.165) is 38.2 Å². The molecule has 6 nitrogen and oxygen atoms in total. The van der Waals surface area contributed by atoms with Crippen molar-refractivity contribution in [1.29, 1.82) is 0 Å². The number of aryl methyl sites for hydroxylation is 1. The molecule has 2 aliphatic heterocycles. The molecular weight excluding hydrogens is 407 g/mol. The fourth-order valence-corrected chi connectivity index (χ4v) is 2.92. The number of morpholine rings is 1. The van der Waals surface area contributed by atoms with Gasteiger partial charge in [-0.25, -0.2) is 4.99 Å². The summed E-state index contributed by atoms with van der Waals surface area (Å²) in [4.78, 5) is 20.5. The number of ether oxygens (including phenoxy) is 1. The Morgan fingerprint density at radius 3 is 2.74 bits per heavy atom. The number of nitrogens with two attached hydrogens (primary N) is 1. The van der Waals surface area contributed by atoms with Gasteiger partial charge < -0.3 is 20.3 Å². The topological polar surface area (TPSA) is 71.2 Å². The first-order valence-electron chi connectivity index (χ1n) is 7.76. The van der Waals surface area contributed by atoms with E-state index in [1.165, 1.54) is 5.56 Å². The largest absolute Gasteiger partial charge is 0.378 e. The molecule has 0 atom stereocenters. The average molecular weight is 430 g/mol. The molecule has 2 aliphatic rings. The van der Waals surface area contributed by atoms with Gasteiger partial charge in [-0.05, 0) is 24.5 Å². The Morgan fingerprint density at radius 1 is 1.22 bits per heavy atom. The highest BCUT2D eigenvalue weighted by molar-refractivity contribution is 14.0. The van der Waals surface area contributed by atoms with Crippen LogP contribution in [0.1, 0.15) is 12.0 Å². The van der Waals surface area contributed by atoms with E-state index in [0.29, 0.717) is 19.2 Å². The number of carbonyl (C=O) groups excluding carboxylic acids is 1. The van der Waals surface area contributed by atoms with Gasteiger partial charge in [0.15, 0.2) is 5.96 Å². The Kier molecular flexibility index (Phi) is 6.64. The molecule has 1 aromatic carbocycles. The molecule has 0 aliphatic carbocycles. The predicted molar refractivity (Wildman–Crippen MR) is 101 cm³/mol. The third kappa shape index (κ3) is 4.35. The number of halogens is 1. The summed E-state index contributed by atoms with van der Waals surface area (Å²) in [6.07, 6.45) is 2.02. The Hall–Kier alpha value is -1.35. The number of amides is 1. The molecule has 0 saturated carbocycles. The van der Waals surface area contributed by atoms with Gasteiger partial charge in [-0.2, -0.15) is 0 Å². The van der Waals surface area contributed by atoms with Crippen LogP contribution in [0, 0.1) is 0 Å². The smallest absolute Gasteiger partial charge is 0.248 e. The zero-order valence-corrected chi connectivity index (χ0v) is 15.4. The molecule has 126 valence electrons. The molecule has 1 amide bonds. The van der Waals surface area contributed by atoms with Crippen LogP contribution in [0.25, 0.3) is 0 Å². The molecule has 0 bridgehead atoms. The zero-order valence-electron chi connectivity index (χ0n) is 13.1. The summed E-state index contributed by atoms with van der Waals surface area (Å²) in [7, 11) is 0. The summed E-state index contributed by atoms with van der Waals surface area (Å²) < 4.78 is 5.28. The number of benzene rings is 1. The van der Waals surface area contributed by atoms with Crippen molar-refractivity contribution in [2.75, 3.05) is 44.3 Å². The minimum Gasteiger partial charge on any atom is -0.378 e. The highest BCUT2D eigenvalue weighted by atomic mass is 127. The molecule has 0 unspecified atom stereocenters. The lowest BCUT2D eigenvalue weighted by Gasteiger charge is -2.30. The maximum Gasteiger partial charge on any atom is 0.248 e. The fourth-order valence-electron chi connectivity index (χ4n) is 2.92. The van der Waals surface area contributed by atoms with Crippen LogP contribution < -0.4 is 10.6 Å². The fraction of sp³-hybridized carbons (Fsp3) is 0.500. The second kappa shape index (κ2) is 8.49. The van der Waals surface area contributed by atoms with E-state index in [-0.39, 0.29) is 36.4 Å². The molecule has 1 saturated heterocycles. The minimum absolute atomic E-state index is 0. The monoisotopic (exact) mass is 430 g/mol. The molecule has 2 N–H and O–H groups in total. The van der Waals surface area contributed by atoms with Crippen molar-refractivity contribution >= 4 is 41.5 Å². The first kappa shape index (κ1) is 18.0. The molecule has 0 radical (unpaired) electrons. The first-order valence-corrected chi connectivity index (χ1v) is 7.76. The van der Waals surface area contributed by atoms with Crippen LogP contribution in [0.3, 0.4) is 0 Å². The summed E-state index contributed by atoms with van der Waals surface area (Å²) >= 11 is 0. The van der Waals surface area contributed by atoms with Crippen molar-refractivity contribution < 1.29 is 9.53 Å². The maximum atomic E-state index is 12.5. The summed E-state index contributed by atoms with van der Waals surface area (Å²) in [5.74, 6) is 0.435. The molecular formula is C16H23IN4O2. The zero-order chi connectivity index (χ0) is 15.4. The lowest BCUT2D eigenvalue weighted by Crippen LogP contribution is -2.45. The van der Waals surface area contributed by atoms with E-state index in [9.17, 15) is 4.79 Å². The van der Waals surface area contributed by atoms with Gasteiger partial charge in [0.2, 0.25) is 5.91 Å². The van der Waals surface area contributed by atoms with Gasteiger partial charge in [0, 0.05) is 25.3 Å². The quantitative estimate of drug-likeness (QED) is 0.436. The highest BCUT2D eigenvalue weighted by Gasteiger charge is 2.22. The Labute approximate surface area is 153 Å². The van der Waals surface area contributed by atoms with Crippen molar-refractivity contribution in [2.24, 2.45) is 10.7 Å². The van der Waals surface area contributed by atoms with Crippen LogP contribution in [-0.4, -0.2) is 56.2 Å². The minimum atomic E-state index is 0. The van der Waals surface area contributed by atoms with Gasteiger partial charge in [0.05, 0.1) is 13.2 Å². The summed E-state index contributed by atoms with van der Waals surface area (Å²) in [6.45, 7) is 3.62. The van der Waals surface area contributed by atoms with Crippen LogP contribution in [0.5, 0.6) is 0 Å². The number of para-hydroxylation sites is 1. The molecule has 1 fully saturated rings. The normalized spacial score (nSPS) is 18.2. The van der Waals surface area contributed by atoms with E-state index < -0.39 is 0 Å². The van der Waals surface area contributed by atoms with E-state index in [4.69, 9.17) is 10.5 Å². The first-order chi connectivity index (χ1) is 10.8. The number of carbonyl (C=O) groups is 1. The Morgan fingerprint density at radius 2 is 1.96 bits per heavy atom. The number of fused-ring (bicyclic) bond motifs is 1. The molecule has 2 heterocycles. The number of anilines is 1. The van der Waals surface area contributed by atoms with Gasteiger partial charge in [-0.15, -0.1) is 24.0 Å². The number of hydrogen-bond donors (Lipinski definition) is 1. The average Bonchev–Trinajstić information content (AvgIpc) is 2.59. The predicted octanol–water partition coefficient (Wildman–Crippen LogP) is 1.23. The van der Waals surface area contributed by atoms with Gasteiger partial charge in [-0.3, -0.25) is 4.79 Å². The van der Waals surface area contributed by atoms with Crippen molar-refractivity contribution in [3.8, 4) is 0 Å². The van der Waals surface area contributed by atoms with Crippen molar-refractivity contribution in [3.63, 3.8) is 0 Å². The van der Waals surface area contributed by atoms with Crippen LogP contribution in [0.4, 0.5) is 5.69 Å². The molecule has 0 aromatic heterocycles. The third-order valence-corrected chi connectivity index (χ3v) is 4.12. The summed E-state index contributed by atoms with van der Waals surface area (Å²) in [5.41, 5.74) is 8.21. The second-order valence-corrected chi connectivity index (χ2v) is 5.55. The van der Waals surface area contributed by atoms with Crippen LogP contribution >= 0.6 is 24.0 Å². The van der Waals surface area contributed by atoms with Crippen molar-refractivity contribution in [1.82, 2.24) is 4.90 Å². The van der Waals surface area contributed by atoms with E-state index in [1.807, 2.05) is 28.0 Å². The molecule has 0 spiro atoms. The molecule has 3 rings (SSSR count). The Bertz CT molecular complexity index is 573. The maximum absolute atomic E-state index is 12.5. The van der Waals surface area contributed by atoms with Gasteiger partial charge in [0.25, 0.3) is 0 Å². The summed E-state index contributed by atoms with van der Waals surface area (Å²) in [6, 6.07) is 8.07. The SMILES string of the molecule is I.NC(=NCC(=O)N1CCCc2ccccc21)N1CCOCC1. The number of hydrogen-bond acceptors (Lipinski definition) is 3. The number of rotatable bonds is 2. The highest BCUT2D eigenvalue weighted by Crippen LogP contribution is 2.26. The standard InChI is InChI=1S/C16H22N4O2.HI/c17-16(19-8-10-22-11-9-19)18-12-15(21)20-7-3-5-13-4-1-2-6-14(13)20;/h1-2,4,6H,3,5,7-12H2,(H2,17,18);1H. The van der Waals surface area contributed by atoms with Gasteiger partial charge in [-0.1, -0.05) is 18.2 Å². The van der Waals surface area contributed by atoms with Crippen molar-refractivity contribution in [2.45, 2.75) is 12.8 Å². The molecule has 1 aromatic rings. The molecule has 23 heavy (non-hydrogen) atoms. The van der Waals surface area contributed by atoms with Crippen LogP contribution in [0.15, 0.2) is 29.3 Å². The van der Waals surface area contributed by atoms with E-state index >= 15 is 0 Å². The number of aliphatic imine (C=N–C) groups is 1. The second-order valence-electron chi connectivity index (χ2n) is 5.55. The molecule has 7 heteroatoms. The summed E-state index contributed by atoms with van der Waals surface area (Å²) in [5, 5.41) is 0. The Balaban J connectivity index is 0.00000192. The van der Waals surface area contributed by atoms with Crippen molar-refractivity contribution in [3.05, 3.63) is 29.8 Å². The number of guanidine groups is 1. The van der Waals surface area contributed by atoms with Crippen LogP contribution in [-0.2, 0) is 16.0 Å². The lowest BCUT2D eigenvalue weighted by molar-refractivity contribution is -0.117. The van der Waals surface area contributed by atoms with Gasteiger partial charge in [0.1, 0.15) is 6.54 Å². The lowest BCUT2D eigenvalue weighted by atomic mass is 10.0. The van der Waals surface area contributed by atoms with Crippen LogP contribution in [0.2, 0.25) is 0 Å². The van der Waals surface area contributed by atoms with Gasteiger partial charge >= 0.3 is 0 Å².